The molecule has 2 aromatic rings. The summed E-state index contributed by atoms with van der Waals surface area (Å²) in [6.07, 6.45) is -1.04. The largest absolute Gasteiger partial charge is 0.490 e. The first kappa shape index (κ1) is 20.9. The van der Waals surface area contributed by atoms with Gasteiger partial charge >= 0.3 is 5.97 Å². The monoisotopic (exact) mass is 411 g/mol. The summed E-state index contributed by atoms with van der Waals surface area (Å²) in [5.41, 5.74) is 0.332. The van der Waals surface area contributed by atoms with Gasteiger partial charge < -0.3 is 19.5 Å². The Morgan fingerprint density at radius 1 is 1.07 bits per heavy atom. The number of benzene rings is 2. The summed E-state index contributed by atoms with van der Waals surface area (Å²) in [6, 6.07) is 11.6. The Bertz CT molecular complexity index is 812. The summed E-state index contributed by atoms with van der Waals surface area (Å²) in [6.45, 7) is 3.39. The second-order valence-electron chi connectivity index (χ2n) is 5.41. The summed E-state index contributed by atoms with van der Waals surface area (Å²) >= 11 is 11.9. The zero-order valence-corrected chi connectivity index (χ0v) is 16.3. The molecule has 8 heteroatoms. The highest BCUT2D eigenvalue weighted by molar-refractivity contribution is 6.35. The molecule has 1 atom stereocenters. The molecule has 1 N–H and O–H groups in total. The van der Waals surface area contributed by atoms with E-state index in [0.29, 0.717) is 33.8 Å². The number of anilines is 1. The van der Waals surface area contributed by atoms with Gasteiger partial charge in [0.15, 0.2) is 24.2 Å². The topological polar surface area (TPSA) is 73.9 Å². The average Bonchev–Trinajstić information content (AvgIpc) is 2.64. The van der Waals surface area contributed by atoms with Crippen LogP contribution in [-0.4, -0.2) is 31.2 Å². The van der Waals surface area contributed by atoms with E-state index in [1.807, 2.05) is 6.92 Å². The van der Waals surface area contributed by atoms with Gasteiger partial charge in [0.25, 0.3) is 5.91 Å². The van der Waals surface area contributed by atoms with Crippen molar-refractivity contribution in [2.75, 3.05) is 18.5 Å². The van der Waals surface area contributed by atoms with E-state index in [9.17, 15) is 9.59 Å². The number of halogens is 2. The molecule has 0 radical (unpaired) electrons. The van der Waals surface area contributed by atoms with Gasteiger partial charge in [0.05, 0.1) is 17.3 Å². The number of rotatable bonds is 8. The third-order valence-electron chi connectivity index (χ3n) is 3.36. The van der Waals surface area contributed by atoms with Gasteiger partial charge in [0, 0.05) is 5.02 Å². The number of nitrogens with one attached hydrogen (secondary N) is 1. The van der Waals surface area contributed by atoms with E-state index in [1.54, 1.807) is 36.4 Å². The van der Waals surface area contributed by atoms with Crippen molar-refractivity contribution in [3.8, 4) is 11.5 Å². The first-order chi connectivity index (χ1) is 12.9. The maximum Gasteiger partial charge on any atom is 0.344 e. The number of carbonyl (C=O) groups excluding carboxylic acids is 2. The minimum Gasteiger partial charge on any atom is -0.490 e. The van der Waals surface area contributed by atoms with Gasteiger partial charge in [0.1, 0.15) is 0 Å². The van der Waals surface area contributed by atoms with Crippen LogP contribution in [0, 0.1) is 0 Å². The van der Waals surface area contributed by atoms with Crippen molar-refractivity contribution in [3.63, 3.8) is 0 Å². The number of amides is 1. The van der Waals surface area contributed by atoms with E-state index in [0.717, 1.165) is 0 Å². The number of para-hydroxylation sites is 2. The van der Waals surface area contributed by atoms with E-state index >= 15 is 0 Å². The SMILES string of the molecule is CCOc1ccccc1OCC(=O)OC(C)C(=O)Nc1cc(Cl)ccc1Cl. The summed E-state index contributed by atoms with van der Waals surface area (Å²) in [4.78, 5) is 24.1. The van der Waals surface area contributed by atoms with Gasteiger partial charge in [-0.3, -0.25) is 4.79 Å². The molecule has 0 bridgehead atoms. The Hall–Kier alpha value is -2.44. The Morgan fingerprint density at radius 2 is 1.74 bits per heavy atom. The molecule has 2 rings (SSSR count). The molecule has 1 amide bonds. The Balaban J connectivity index is 1.88. The van der Waals surface area contributed by atoms with Crippen LogP contribution in [0.25, 0.3) is 0 Å². The number of hydrogen-bond acceptors (Lipinski definition) is 5. The van der Waals surface area contributed by atoms with Crippen molar-refractivity contribution in [3.05, 3.63) is 52.5 Å². The lowest BCUT2D eigenvalue weighted by Gasteiger charge is -2.15. The van der Waals surface area contributed by atoms with Crippen LogP contribution in [0.2, 0.25) is 10.0 Å². The fourth-order valence-electron chi connectivity index (χ4n) is 2.09. The molecular weight excluding hydrogens is 393 g/mol. The van der Waals surface area contributed by atoms with E-state index in [1.165, 1.54) is 13.0 Å². The Kier molecular flexibility index (Phi) is 7.76. The van der Waals surface area contributed by atoms with Crippen molar-refractivity contribution in [1.82, 2.24) is 0 Å². The van der Waals surface area contributed by atoms with Crippen LogP contribution in [-0.2, 0) is 14.3 Å². The van der Waals surface area contributed by atoms with Gasteiger partial charge in [-0.15, -0.1) is 0 Å². The first-order valence-electron chi connectivity index (χ1n) is 8.20. The second-order valence-corrected chi connectivity index (χ2v) is 6.26. The van der Waals surface area contributed by atoms with Crippen molar-refractivity contribution in [1.29, 1.82) is 0 Å². The molecule has 0 aliphatic heterocycles. The van der Waals surface area contributed by atoms with Gasteiger partial charge in [-0.1, -0.05) is 35.3 Å². The molecule has 1 unspecified atom stereocenters. The molecule has 0 saturated heterocycles. The highest BCUT2D eigenvalue weighted by Gasteiger charge is 2.19. The minimum absolute atomic E-state index is 0.321. The van der Waals surface area contributed by atoms with Crippen LogP contribution in [0.5, 0.6) is 11.5 Å². The second kappa shape index (κ2) is 10.0. The quantitative estimate of drug-likeness (QED) is 0.653. The smallest absolute Gasteiger partial charge is 0.344 e. The molecule has 0 fully saturated rings. The fourth-order valence-corrected chi connectivity index (χ4v) is 2.43. The molecule has 0 heterocycles. The predicted octanol–water partition coefficient (Wildman–Crippen LogP) is 4.34. The van der Waals surface area contributed by atoms with Gasteiger partial charge in [0.2, 0.25) is 0 Å². The summed E-state index contributed by atoms with van der Waals surface area (Å²) < 4.78 is 15.9. The van der Waals surface area contributed by atoms with Crippen molar-refractivity contribution >= 4 is 40.8 Å². The highest BCUT2D eigenvalue weighted by atomic mass is 35.5. The highest BCUT2D eigenvalue weighted by Crippen LogP contribution is 2.27. The molecule has 0 spiro atoms. The van der Waals surface area contributed by atoms with E-state index < -0.39 is 18.0 Å². The molecule has 144 valence electrons. The third kappa shape index (κ3) is 6.34. The summed E-state index contributed by atoms with van der Waals surface area (Å²) in [7, 11) is 0. The molecule has 0 aliphatic carbocycles. The maximum atomic E-state index is 12.2. The van der Waals surface area contributed by atoms with E-state index in [4.69, 9.17) is 37.4 Å². The van der Waals surface area contributed by atoms with Crippen LogP contribution >= 0.6 is 23.2 Å². The van der Waals surface area contributed by atoms with Gasteiger partial charge in [-0.25, -0.2) is 4.79 Å². The first-order valence-corrected chi connectivity index (χ1v) is 8.96. The minimum atomic E-state index is -1.04. The van der Waals surface area contributed by atoms with Gasteiger partial charge in [-0.2, -0.15) is 0 Å². The zero-order chi connectivity index (χ0) is 19.8. The summed E-state index contributed by atoms with van der Waals surface area (Å²) in [5, 5.41) is 3.30. The van der Waals surface area contributed by atoms with E-state index in [2.05, 4.69) is 5.32 Å². The molecule has 2 aromatic carbocycles. The third-order valence-corrected chi connectivity index (χ3v) is 3.92. The van der Waals surface area contributed by atoms with Crippen LogP contribution in [0.15, 0.2) is 42.5 Å². The standard InChI is InChI=1S/C19H19Cl2NO5/c1-3-25-16-6-4-5-7-17(16)26-11-18(23)27-12(2)19(24)22-15-10-13(20)8-9-14(15)21/h4-10,12H,3,11H2,1-2H3,(H,22,24). The Labute approximate surface area is 167 Å². The van der Waals surface area contributed by atoms with E-state index in [-0.39, 0.29) is 6.61 Å². The molecule has 0 aromatic heterocycles. The van der Waals surface area contributed by atoms with Crippen LogP contribution in [0.4, 0.5) is 5.69 Å². The van der Waals surface area contributed by atoms with Gasteiger partial charge in [-0.05, 0) is 44.2 Å². The van der Waals surface area contributed by atoms with Crippen molar-refractivity contribution < 1.29 is 23.8 Å². The lowest BCUT2D eigenvalue weighted by atomic mass is 10.3. The average molecular weight is 412 g/mol. The lowest BCUT2D eigenvalue weighted by Crippen LogP contribution is -2.31. The van der Waals surface area contributed by atoms with Crippen LogP contribution < -0.4 is 14.8 Å². The lowest BCUT2D eigenvalue weighted by molar-refractivity contribution is -0.155. The van der Waals surface area contributed by atoms with Crippen molar-refractivity contribution in [2.24, 2.45) is 0 Å². The molecular formula is C19H19Cl2NO5. The molecule has 27 heavy (non-hydrogen) atoms. The predicted molar refractivity (Wildman–Crippen MR) is 104 cm³/mol. The Morgan fingerprint density at radius 3 is 2.41 bits per heavy atom. The van der Waals surface area contributed by atoms with Crippen LogP contribution in [0.1, 0.15) is 13.8 Å². The number of esters is 1. The molecule has 6 nitrogen and oxygen atoms in total. The number of ether oxygens (including phenoxy) is 3. The van der Waals surface area contributed by atoms with Crippen LogP contribution in [0.3, 0.4) is 0 Å². The maximum absolute atomic E-state index is 12.2. The number of carbonyl (C=O) groups is 2. The zero-order valence-electron chi connectivity index (χ0n) is 14.8. The summed E-state index contributed by atoms with van der Waals surface area (Å²) in [5.74, 6) is -0.295. The fraction of sp³-hybridized carbons (Fsp3) is 0.263. The van der Waals surface area contributed by atoms with Crippen molar-refractivity contribution in [2.45, 2.75) is 20.0 Å². The molecule has 0 saturated carbocycles. The normalized spacial score (nSPS) is 11.4. The molecule has 0 aliphatic rings. The number of hydrogen-bond donors (Lipinski definition) is 1.